The number of hydrogen-bond donors (Lipinski definition) is 0. The third-order valence-corrected chi connectivity index (χ3v) is 4.95. The van der Waals surface area contributed by atoms with Crippen LogP contribution >= 0.6 is 0 Å². The van der Waals surface area contributed by atoms with E-state index in [0.29, 0.717) is 19.8 Å². The topological polar surface area (TPSA) is 27.7 Å². The van der Waals surface area contributed by atoms with E-state index in [2.05, 4.69) is 6.92 Å². The molecule has 83 valence electrons. The van der Waals surface area contributed by atoms with Gasteiger partial charge in [-0.1, -0.05) is 13.3 Å². The Balaban J connectivity index is -0.000000240. The predicted molar refractivity (Wildman–Crippen MR) is 73.0 cm³/mol. The molecular formula is C9H22Na3O3Si. The summed E-state index contributed by atoms with van der Waals surface area (Å²) in [6.07, 6.45) is 1.05. The minimum Gasteiger partial charge on any atom is -0.374 e. The number of hydrogen-bond acceptors (Lipinski definition) is 3. The minimum absolute atomic E-state index is 0. The zero-order valence-corrected chi connectivity index (χ0v) is 19.3. The first-order chi connectivity index (χ1) is 6.24. The van der Waals surface area contributed by atoms with Gasteiger partial charge in [-0.15, -0.1) is 0 Å². The Morgan fingerprint density at radius 3 is 1.19 bits per heavy atom. The molecule has 0 atom stereocenters. The molecule has 0 N–H and O–H groups in total. The van der Waals surface area contributed by atoms with Crippen molar-refractivity contribution in [3.8, 4) is 0 Å². The zero-order chi connectivity index (χ0) is 10.2. The van der Waals surface area contributed by atoms with E-state index in [-0.39, 0.29) is 88.7 Å². The van der Waals surface area contributed by atoms with Crippen LogP contribution in [0.25, 0.3) is 0 Å². The Bertz CT molecular complexity index is 101. The van der Waals surface area contributed by atoms with E-state index in [1.165, 1.54) is 0 Å². The summed E-state index contributed by atoms with van der Waals surface area (Å²) < 4.78 is 16.9. The van der Waals surface area contributed by atoms with E-state index in [4.69, 9.17) is 13.3 Å². The molecule has 0 aliphatic carbocycles. The maximum atomic E-state index is 5.65. The monoisotopic (exact) mass is 275 g/mol. The molecule has 16 heavy (non-hydrogen) atoms. The SMILES string of the molecule is CCC[Si](OCC)(OCC)OCC.[Na].[Na].[Na]. The Kier molecular flexibility index (Phi) is 31.0. The largest absolute Gasteiger partial charge is 0.500 e. The second-order valence-corrected chi connectivity index (χ2v) is 5.46. The molecule has 3 radical (unpaired) electrons. The Morgan fingerprint density at radius 1 is 0.688 bits per heavy atom. The molecule has 0 aliphatic rings. The van der Waals surface area contributed by atoms with Crippen LogP contribution in [0.5, 0.6) is 0 Å². The van der Waals surface area contributed by atoms with Crippen LogP contribution in [0.15, 0.2) is 0 Å². The first-order valence-corrected chi connectivity index (χ1v) is 7.09. The van der Waals surface area contributed by atoms with Crippen molar-refractivity contribution in [1.29, 1.82) is 0 Å². The fraction of sp³-hybridized carbons (Fsp3) is 1.00. The average Bonchev–Trinajstić information content (AvgIpc) is 2.06. The summed E-state index contributed by atoms with van der Waals surface area (Å²) in [5.41, 5.74) is 0. The van der Waals surface area contributed by atoms with E-state index in [1.807, 2.05) is 20.8 Å². The van der Waals surface area contributed by atoms with Gasteiger partial charge < -0.3 is 13.3 Å². The smallest absolute Gasteiger partial charge is 0.374 e. The van der Waals surface area contributed by atoms with Crippen LogP contribution in [-0.2, 0) is 13.3 Å². The predicted octanol–water partition coefficient (Wildman–Crippen LogP) is 1.30. The maximum absolute atomic E-state index is 5.65. The van der Waals surface area contributed by atoms with Crippen molar-refractivity contribution in [2.45, 2.75) is 40.2 Å². The van der Waals surface area contributed by atoms with Gasteiger partial charge in [-0.05, 0) is 20.8 Å². The van der Waals surface area contributed by atoms with Gasteiger partial charge in [0.2, 0.25) is 0 Å². The molecule has 0 aliphatic heterocycles. The maximum Gasteiger partial charge on any atom is 0.500 e. The third kappa shape index (κ3) is 12.1. The van der Waals surface area contributed by atoms with E-state index in [9.17, 15) is 0 Å². The van der Waals surface area contributed by atoms with Crippen molar-refractivity contribution < 1.29 is 13.3 Å². The van der Waals surface area contributed by atoms with Crippen molar-refractivity contribution in [2.75, 3.05) is 19.8 Å². The molecule has 0 aromatic carbocycles. The second-order valence-electron chi connectivity index (χ2n) is 2.73. The van der Waals surface area contributed by atoms with Gasteiger partial charge in [0.05, 0.1) is 0 Å². The summed E-state index contributed by atoms with van der Waals surface area (Å²) in [5, 5.41) is 0. The summed E-state index contributed by atoms with van der Waals surface area (Å²) in [7, 11) is -2.30. The van der Waals surface area contributed by atoms with Crippen molar-refractivity contribution in [3.63, 3.8) is 0 Å². The van der Waals surface area contributed by atoms with Gasteiger partial charge in [0.25, 0.3) is 0 Å². The first kappa shape index (κ1) is 27.4. The van der Waals surface area contributed by atoms with E-state index >= 15 is 0 Å². The Hall–Kier alpha value is 3.10. The molecule has 0 rings (SSSR count). The molecule has 3 nitrogen and oxygen atoms in total. The van der Waals surface area contributed by atoms with Gasteiger partial charge in [-0.3, -0.25) is 0 Å². The van der Waals surface area contributed by atoms with Crippen molar-refractivity contribution in [3.05, 3.63) is 0 Å². The van der Waals surface area contributed by atoms with Crippen LogP contribution in [0.1, 0.15) is 34.1 Å². The van der Waals surface area contributed by atoms with Crippen molar-refractivity contribution >= 4 is 97.5 Å². The summed E-state index contributed by atoms with van der Waals surface area (Å²) in [5.74, 6) is 0. The van der Waals surface area contributed by atoms with Crippen LogP contribution in [0.3, 0.4) is 0 Å². The fourth-order valence-corrected chi connectivity index (χ4v) is 3.92. The first-order valence-electron chi connectivity index (χ1n) is 5.16. The molecule has 0 aromatic heterocycles. The van der Waals surface area contributed by atoms with E-state index in [1.54, 1.807) is 0 Å². The molecule has 0 fully saturated rings. The normalized spacial score (nSPS) is 9.75. The quantitative estimate of drug-likeness (QED) is 0.625. The van der Waals surface area contributed by atoms with Gasteiger partial charge in [-0.2, -0.15) is 0 Å². The van der Waals surface area contributed by atoms with Gasteiger partial charge in [0.1, 0.15) is 0 Å². The van der Waals surface area contributed by atoms with Crippen molar-refractivity contribution in [2.24, 2.45) is 0 Å². The molecular weight excluding hydrogens is 253 g/mol. The van der Waals surface area contributed by atoms with Crippen LogP contribution in [0, 0.1) is 0 Å². The average molecular weight is 275 g/mol. The van der Waals surface area contributed by atoms with Crippen LogP contribution in [-0.4, -0.2) is 117 Å². The van der Waals surface area contributed by atoms with Gasteiger partial charge in [0, 0.05) is 115 Å². The molecule has 0 saturated carbocycles. The second kappa shape index (κ2) is 18.1. The minimum atomic E-state index is -2.30. The summed E-state index contributed by atoms with van der Waals surface area (Å²) in [6.45, 7) is 10.1. The van der Waals surface area contributed by atoms with Crippen LogP contribution in [0.4, 0.5) is 0 Å². The number of rotatable bonds is 8. The van der Waals surface area contributed by atoms with Gasteiger partial charge in [-0.25, -0.2) is 0 Å². The molecule has 0 unspecified atom stereocenters. The van der Waals surface area contributed by atoms with Gasteiger partial charge >= 0.3 is 8.80 Å². The molecule has 0 bridgehead atoms. The van der Waals surface area contributed by atoms with Crippen molar-refractivity contribution in [1.82, 2.24) is 0 Å². The standard InChI is InChI=1S/C9H22O3Si.3Na/c1-5-9-13(10-6-2,11-7-3)12-8-4;;;/h5-9H2,1-4H3;;;. The Labute approximate surface area is 168 Å². The molecule has 0 heterocycles. The molecule has 0 amide bonds. The van der Waals surface area contributed by atoms with E-state index < -0.39 is 8.80 Å². The zero-order valence-electron chi connectivity index (χ0n) is 12.3. The Morgan fingerprint density at radius 2 is 1.00 bits per heavy atom. The fourth-order valence-electron chi connectivity index (χ4n) is 1.31. The molecule has 0 saturated heterocycles. The van der Waals surface area contributed by atoms with Crippen LogP contribution in [0.2, 0.25) is 6.04 Å². The summed E-state index contributed by atoms with van der Waals surface area (Å²) in [4.78, 5) is 0. The summed E-state index contributed by atoms with van der Waals surface area (Å²) >= 11 is 0. The van der Waals surface area contributed by atoms with Gasteiger partial charge in [0.15, 0.2) is 0 Å². The molecule has 0 aromatic rings. The van der Waals surface area contributed by atoms with E-state index in [0.717, 1.165) is 12.5 Å². The summed E-state index contributed by atoms with van der Waals surface area (Å²) in [6, 6.07) is 0.919. The third-order valence-electron chi connectivity index (χ3n) is 1.65. The molecule has 0 spiro atoms. The van der Waals surface area contributed by atoms with Crippen LogP contribution < -0.4 is 0 Å². The molecule has 7 heteroatoms.